The van der Waals surface area contributed by atoms with Crippen LogP contribution in [0, 0.1) is 0 Å². The van der Waals surface area contributed by atoms with Crippen LogP contribution in [0.2, 0.25) is 0 Å². The third-order valence-electron chi connectivity index (χ3n) is 3.92. The number of guanidine groups is 1. The Labute approximate surface area is 155 Å². The maximum atomic E-state index is 11.8. The van der Waals surface area contributed by atoms with Gasteiger partial charge in [-0.1, -0.05) is 6.07 Å². The van der Waals surface area contributed by atoms with E-state index in [-0.39, 0.29) is 12.2 Å². The second-order valence-corrected chi connectivity index (χ2v) is 6.25. The van der Waals surface area contributed by atoms with Gasteiger partial charge in [0, 0.05) is 52.0 Å². The third-order valence-corrected chi connectivity index (χ3v) is 3.92. The molecule has 8 nitrogen and oxygen atoms in total. The van der Waals surface area contributed by atoms with Gasteiger partial charge in [-0.05, 0) is 26.3 Å². The molecule has 26 heavy (non-hydrogen) atoms. The fourth-order valence-electron chi connectivity index (χ4n) is 2.66. The van der Waals surface area contributed by atoms with E-state index < -0.39 is 0 Å². The van der Waals surface area contributed by atoms with Crippen LogP contribution in [0.15, 0.2) is 23.3 Å². The maximum absolute atomic E-state index is 11.8. The van der Waals surface area contributed by atoms with Gasteiger partial charge in [-0.3, -0.25) is 4.99 Å². The van der Waals surface area contributed by atoms with E-state index in [4.69, 9.17) is 9.47 Å². The highest BCUT2D eigenvalue weighted by atomic mass is 16.6. The predicted octanol–water partition coefficient (Wildman–Crippen LogP) is 1.72. The summed E-state index contributed by atoms with van der Waals surface area (Å²) in [4.78, 5) is 24.3. The predicted molar refractivity (Wildman–Crippen MR) is 100 cm³/mol. The summed E-state index contributed by atoms with van der Waals surface area (Å²) in [5.41, 5.74) is 1.05. The summed E-state index contributed by atoms with van der Waals surface area (Å²) in [7, 11) is 1.76. The lowest BCUT2D eigenvalue weighted by molar-refractivity contribution is 0.0914. The number of pyridine rings is 1. The van der Waals surface area contributed by atoms with Crippen molar-refractivity contribution in [1.29, 1.82) is 0 Å². The first-order valence-corrected chi connectivity index (χ1v) is 9.02. The molecule has 2 heterocycles. The van der Waals surface area contributed by atoms with Crippen molar-refractivity contribution in [2.24, 2.45) is 4.99 Å². The molecule has 1 amide bonds. The first-order chi connectivity index (χ1) is 12.5. The van der Waals surface area contributed by atoms with Crippen molar-refractivity contribution in [3.05, 3.63) is 23.9 Å². The average Bonchev–Trinajstić information content (AvgIpc) is 2.64. The van der Waals surface area contributed by atoms with Crippen LogP contribution in [0.1, 0.15) is 26.3 Å². The number of carbonyl (C=O) groups is 1. The number of piperazine rings is 1. The maximum Gasteiger partial charge on any atom is 0.409 e. The van der Waals surface area contributed by atoms with Crippen molar-refractivity contribution in [3.8, 4) is 5.88 Å². The Morgan fingerprint density at radius 2 is 1.96 bits per heavy atom. The van der Waals surface area contributed by atoms with Gasteiger partial charge in [-0.15, -0.1) is 0 Å². The number of nitrogens with zero attached hydrogens (tertiary/aromatic N) is 4. The number of amides is 1. The van der Waals surface area contributed by atoms with Crippen LogP contribution in [0.3, 0.4) is 0 Å². The minimum atomic E-state index is -0.245. The zero-order chi connectivity index (χ0) is 18.9. The number of hydrogen-bond acceptors (Lipinski definition) is 5. The lowest BCUT2D eigenvalue weighted by Gasteiger charge is -2.35. The fourth-order valence-corrected chi connectivity index (χ4v) is 2.66. The summed E-state index contributed by atoms with van der Waals surface area (Å²) < 4.78 is 10.6. The second-order valence-electron chi connectivity index (χ2n) is 6.25. The Hall–Kier alpha value is -2.51. The van der Waals surface area contributed by atoms with Crippen molar-refractivity contribution in [3.63, 3.8) is 0 Å². The molecular formula is C18H29N5O3. The number of aliphatic imine (C=N–C) groups is 1. The molecule has 0 radical (unpaired) electrons. The van der Waals surface area contributed by atoms with Gasteiger partial charge >= 0.3 is 6.09 Å². The standard InChI is InChI=1S/C18H29N5O3/c1-5-25-18(24)23-10-8-22(9-11-23)17(19-4)21-13-15-6-7-16(20-12-15)26-14(2)3/h6-7,12,14H,5,8-11,13H2,1-4H3,(H,19,21). The minimum Gasteiger partial charge on any atom is -0.475 e. The van der Waals surface area contributed by atoms with Crippen molar-refractivity contribution in [2.45, 2.75) is 33.4 Å². The van der Waals surface area contributed by atoms with E-state index in [0.717, 1.165) is 24.6 Å². The molecule has 0 saturated carbocycles. The van der Waals surface area contributed by atoms with E-state index in [1.807, 2.05) is 32.9 Å². The van der Waals surface area contributed by atoms with Gasteiger partial charge in [0.05, 0.1) is 12.7 Å². The zero-order valence-corrected chi connectivity index (χ0v) is 16.1. The van der Waals surface area contributed by atoms with Crippen molar-refractivity contribution < 1.29 is 14.3 Å². The molecule has 1 aromatic rings. The quantitative estimate of drug-likeness (QED) is 0.634. The van der Waals surface area contributed by atoms with E-state index in [1.54, 1.807) is 18.1 Å². The van der Waals surface area contributed by atoms with E-state index in [9.17, 15) is 4.79 Å². The van der Waals surface area contributed by atoms with E-state index in [2.05, 4.69) is 20.2 Å². The number of rotatable bonds is 5. The summed E-state index contributed by atoms with van der Waals surface area (Å²) in [6.07, 6.45) is 1.67. The molecule has 1 aliphatic heterocycles. The number of carbonyl (C=O) groups excluding carboxylic acids is 1. The lowest BCUT2D eigenvalue weighted by atomic mass is 10.3. The number of hydrogen-bond donors (Lipinski definition) is 1. The highest BCUT2D eigenvalue weighted by Gasteiger charge is 2.23. The summed E-state index contributed by atoms with van der Waals surface area (Å²) in [6, 6.07) is 3.86. The molecule has 1 aliphatic rings. The summed E-state index contributed by atoms with van der Waals surface area (Å²) in [5, 5.41) is 3.35. The van der Waals surface area contributed by atoms with Crippen molar-refractivity contribution >= 4 is 12.1 Å². The smallest absolute Gasteiger partial charge is 0.409 e. The summed E-state index contributed by atoms with van der Waals surface area (Å²) >= 11 is 0. The first-order valence-electron chi connectivity index (χ1n) is 9.02. The number of ether oxygens (including phenoxy) is 2. The Morgan fingerprint density at radius 1 is 1.27 bits per heavy atom. The number of nitrogens with one attached hydrogen (secondary N) is 1. The zero-order valence-electron chi connectivity index (χ0n) is 16.1. The molecule has 0 atom stereocenters. The van der Waals surface area contributed by atoms with Crippen LogP contribution in [0.4, 0.5) is 4.79 Å². The molecule has 0 spiro atoms. The van der Waals surface area contributed by atoms with Gasteiger partial charge in [0.2, 0.25) is 5.88 Å². The fraction of sp³-hybridized carbons (Fsp3) is 0.611. The average molecular weight is 363 g/mol. The van der Waals surface area contributed by atoms with Gasteiger partial charge in [0.25, 0.3) is 0 Å². The monoisotopic (exact) mass is 363 g/mol. The van der Waals surface area contributed by atoms with Crippen LogP contribution in [0.25, 0.3) is 0 Å². The summed E-state index contributed by atoms with van der Waals surface area (Å²) in [6.45, 7) is 9.49. The van der Waals surface area contributed by atoms with Crippen molar-refractivity contribution in [2.75, 3.05) is 39.8 Å². The highest BCUT2D eigenvalue weighted by Crippen LogP contribution is 2.10. The van der Waals surface area contributed by atoms with Gasteiger partial charge in [-0.25, -0.2) is 9.78 Å². The van der Waals surface area contributed by atoms with Gasteiger partial charge < -0.3 is 24.6 Å². The number of aromatic nitrogens is 1. The molecule has 1 N–H and O–H groups in total. The first kappa shape index (κ1) is 19.8. The largest absolute Gasteiger partial charge is 0.475 e. The molecule has 1 fully saturated rings. The minimum absolute atomic E-state index is 0.110. The molecular weight excluding hydrogens is 334 g/mol. The van der Waals surface area contributed by atoms with Crippen LogP contribution < -0.4 is 10.1 Å². The normalized spacial score (nSPS) is 15.2. The van der Waals surface area contributed by atoms with Crippen LogP contribution in [-0.2, 0) is 11.3 Å². The van der Waals surface area contributed by atoms with Crippen LogP contribution in [0.5, 0.6) is 5.88 Å². The third kappa shape index (κ3) is 5.79. The SMILES string of the molecule is CCOC(=O)N1CCN(C(=NC)NCc2ccc(OC(C)C)nc2)CC1. The summed E-state index contributed by atoms with van der Waals surface area (Å²) in [5.74, 6) is 1.44. The molecule has 1 aromatic heterocycles. The topological polar surface area (TPSA) is 79.3 Å². The molecule has 144 valence electrons. The lowest BCUT2D eigenvalue weighted by Crippen LogP contribution is -2.53. The van der Waals surface area contributed by atoms with Crippen LogP contribution >= 0.6 is 0 Å². The molecule has 0 unspecified atom stereocenters. The second kappa shape index (κ2) is 9.84. The Bertz CT molecular complexity index is 595. The molecule has 0 bridgehead atoms. The van der Waals surface area contributed by atoms with E-state index >= 15 is 0 Å². The Morgan fingerprint density at radius 3 is 2.50 bits per heavy atom. The molecule has 0 aromatic carbocycles. The molecule has 1 saturated heterocycles. The van der Waals surface area contributed by atoms with Crippen molar-refractivity contribution in [1.82, 2.24) is 20.1 Å². The van der Waals surface area contributed by atoms with Gasteiger partial charge in [0.1, 0.15) is 0 Å². The Balaban J connectivity index is 1.82. The van der Waals surface area contributed by atoms with Crippen LogP contribution in [-0.4, -0.2) is 72.8 Å². The molecule has 0 aliphatic carbocycles. The molecule has 8 heteroatoms. The molecule has 2 rings (SSSR count). The van der Waals surface area contributed by atoms with Gasteiger partial charge in [0.15, 0.2) is 5.96 Å². The van der Waals surface area contributed by atoms with E-state index in [1.165, 1.54) is 0 Å². The van der Waals surface area contributed by atoms with E-state index in [0.29, 0.717) is 32.1 Å². The highest BCUT2D eigenvalue weighted by molar-refractivity contribution is 5.80. The Kier molecular flexibility index (Phi) is 7.50. The van der Waals surface area contributed by atoms with Gasteiger partial charge in [-0.2, -0.15) is 0 Å².